The van der Waals surface area contributed by atoms with E-state index in [9.17, 15) is 0 Å². The molecule has 1 fully saturated rings. The minimum Gasteiger partial charge on any atom is -0.381 e. The quantitative estimate of drug-likeness (QED) is 0.363. The summed E-state index contributed by atoms with van der Waals surface area (Å²) in [5.74, 6) is 1.77. The summed E-state index contributed by atoms with van der Waals surface area (Å²) in [4.78, 5) is 7.04. The lowest BCUT2D eigenvalue weighted by Crippen LogP contribution is -2.41. The fraction of sp³-hybridized carbons (Fsp3) is 0.944. The molecule has 0 aromatic rings. The molecule has 144 valence electrons. The predicted octanol–water partition coefficient (Wildman–Crippen LogP) is 3.38. The number of ether oxygens (including phenoxy) is 2. The van der Waals surface area contributed by atoms with Gasteiger partial charge in [-0.05, 0) is 37.5 Å². The van der Waals surface area contributed by atoms with Gasteiger partial charge in [-0.1, -0.05) is 20.8 Å². The largest absolute Gasteiger partial charge is 0.381 e. The first-order chi connectivity index (χ1) is 10.9. The van der Waals surface area contributed by atoms with Crippen LogP contribution in [0.3, 0.4) is 0 Å². The average molecular weight is 455 g/mol. The van der Waals surface area contributed by atoms with E-state index in [0.29, 0.717) is 6.54 Å². The van der Waals surface area contributed by atoms with Crippen molar-refractivity contribution in [1.82, 2.24) is 10.2 Å². The summed E-state index contributed by atoms with van der Waals surface area (Å²) in [5, 5.41) is 3.40. The smallest absolute Gasteiger partial charge is 0.193 e. The van der Waals surface area contributed by atoms with Gasteiger partial charge < -0.3 is 19.7 Å². The van der Waals surface area contributed by atoms with E-state index in [-0.39, 0.29) is 35.5 Å². The first kappa shape index (κ1) is 23.9. The first-order valence-corrected chi connectivity index (χ1v) is 8.98. The number of nitrogens with one attached hydrogen (secondary N) is 1. The molecule has 0 aromatic carbocycles. The molecule has 6 heteroatoms. The number of hydrogen-bond donors (Lipinski definition) is 1. The molecule has 1 aliphatic rings. The van der Waals surface area contributed by atoms with Gasteiger partial charge in [-0.25, -0.2) is 0 Å². The van der Waals surface area contributed by atoms with Crippen LogP contribution < -0.4 is 5.32 Å². The van der Waals surface area contributed by atoms with Crippen LogP contribution in [0.15, 0.2) is 4.99 Å². The molecule has 0 radical (unpaired) electrons. The molecular formula is C18H38IN3O2. The monoisotopic (exact) mass is 455 g/mol. The van der Waals surface area contributed by atoms with Crippen molar-refractivity contribution in [2.24, 2.45) is 16.3 Å². The molecule has 5 nitrogen and oxygen atoms in total. The maximum Gasteiger partial charge on any atom is 0.193 e. The molecule has 1 aliphatic heterocycles. The minimum atomic E-state index is 0. The second-order valence-electron chi connectivity index (χ2n) is 7.55. The van der Waals surface area contributed by atoms with Crippen LogP contribution in [0.25, 0.3) is 0 Å². The minimum absolute atomic E-state index is 0. The number of nitrogens with zero attached hydrogens (tertiary/aromatic N) is 2. The van der Waals surface area contributed by atoms with E-state index in [2.05, 4.69) is 45.0 Å². The second-order valence-corrected chi connectivity index (χ2v) is 7.55. The Kier molecular flexibility index (Phi) is 12.3. The summed E-state index contributed by atoms with van der Waals surface area (Å²) in [6.45, 7) is 13.1. The highest BCUT2D eigenvalue weighted by atomic mass is 127. The van der Waals surface area contributed by atoms with Crippen LogP contribution in [0.4, 0.5) is 0 Å². The third-order valence-electron chi connectivity index (χ3n) is 4.57. The molecule has 0 bridgehead atoms. The standard InChI is InChI=1S/C18H37N3O2.HI/c1-7-19-17(20-14-16(22-6)18(2,3)4)21(5)11-8-15-9-12-23-13-10-15;/h15-16H,7-14H2,1-6H3,(H,19,20);1H. The molecule has 0 aromatic heterocycles. The van der Waals surface area contributed by atoms with Crippen molar-refractivity contribution in [2.75, 3.05) is 47.0 Å². The molecule has 1 unspecified atom stereocenters. The topological polar surface area (TPSA) is 46.1 Å². The summed E-state index contributed by atoms with van der Waals surface area (Å²) in [6, 6.07) is 0. The van der Waals surface area contributed by atoms with Crippen molar-refractivity contribution in [3.8, 4) is 0 Å². The predicted molar refractivity (Wildman–Crippen MR) is 112 cm³/mol. The summed E-state index contributed by atoms with van der Waals surface area (Å²) in [5.41, 5.74) is 0.0935. The molecule has 0 amide bonds. The lowest BCUT2D eigenvalue weighted by atomic mass is 9.89. The fourth-order valence-electron chi connectivity index (χ4n) is 2.86. The van der Waals surface area contributed by atoms with E-state index in [1.54, 1.807) is 7.11 Å². The van der Waals surface area contributed by atoms with Crippen LogP contribution in [-0.2, 0) is 9.47 Å². The molecule has 24 heavy (non-hydrogen) atoms. The van der Waals surface area contributed by atoms with Crippen molar-refractivity contribution >= 4 is 29.9 Å². The van der Waals surface area contributed by atoms with Crippen molar-refractivity contribution in [3.63, 3.8) is 0 Å². The molecule has 0 saturated carbocycles. The lowest BCUT2D eigenvalue weighted by molar-refractivity contribution is 0.0239. The molecule has 1 N–H and O–H groups in total. The molecule has 0 spiro atoms. The molecule has 1 heterocycles. The summed E-state index contributed by atoms with van der Waals surface area (Å²) in [6.07, 6.45) is 3.71. The second kappa shape index (κ2) is 12.3. The third kappa shape index (κ3) is 8.85. The molecule has 1 saturated heterocycles. The highest BCUT2D eigenvalue weighted by molar-refractivity contribution is 14.0. The van der Waals surface area contributed by atoms with Crippen LogP contribution >= 0.6 is 24.0 Å². The highest BCUT2D eigenvalue weighted by Crippen LogP contribution is 2.22. The maximum absolute atomic E-state index is 5.61. The Morgan fingerprint density at radius 1 is 1.33 bits per heavy atom. The van der Waals surface area contributed by atoms with Crippen molar-refractivity contribution < 1.29 is 9.47 Å². The summed E-state index contributed by atoms with van der Waals surface area (Å²) in [7, 11) is 3.90. The van der Waals surface area contributed by atoms with Crippen LogP contribution in [0.2, 0.25) is 0 Å². The zero-order valence-electron chi connectivity index (χ0n) is 16.4. The Labute approximate surface area is 166 Å². The van der Waals surface area contributed by atoms with Gasteiger partial charge >= 0.3 is 0 Å². The number of guanidine groups is 1. The fourth-order valence-corrected chi connectivity index (χ4v) is 2.86. The SMILES string of the molecule is CCNC(=NCC(OC)C(C)(C)C)N(C)CCC1CCOCC1.I. The van der Waals surface area contributed by atoms with Gasteiger partial charge in [-0.2, -0.15) is 0 Å². The van der Waals surface area contributed by atoms with E-state index >= 15 is 0 Å². The summed E-state index contributed by atoms with van der Waals surface area (Å²) < 4.78 is 11.0. The van der Waals surface area contributed by atoms with Gasteiger partial charge in [0.25, 0.3) is 0 Å². The van der Waals surface area contributed by atoms with Crippen LogP contribution in [0.1, 0.15) is 47.0 Å². The molecule has 1 atom stereocenters. The van der Waals surface area contributed by atoms with E-state index < -0.39 is 0 Å². The number of halogens is 1. The Balaban J connectivity index is 0.00000529. The number of methoxy groups -OCH3 is 1. The number of aliphatic imine (C=N–C) groups is 1. The van der Waals surface area contributed by atoms with Gasteiger partial charge in [0.05, 0.1) is 12.6 Å². The van der Waals surface area contributed by atoms with Crippen LogP contribution in [0.5, 0.6) is 0 Å². The van der Waals surface area contributed by atoms with Crippen molar-refractivity contribution in [1.29, 1.82) is 0 Å². The van der Waals surface area contributed by atoms with Crippen LogP contribution in [0, 0.1) is 11.3 Å². The molecular weight excluding hydrogens is 417 g/mol. The van der Waals surface area contributed by atoms with Gasteiger partial charge in [0, 0.05) is 40.5 Å². The molecule has 1 rings (SSSR count). The Morgan fingerprint density at radius 3 is 2.46 bits per heavy atom. The summed E-state index contributed by atoms with van der Waals surface area (Å²) >= 11 is 0. The van der Waals surface area contributed by atoms with Gasteiger partial charge in [0.2, 0.25) is 0 Å². The van der Waals surface area contributed by atoms with Crippen molar-refractivity contribution in [2.45, 2.75) is 53.1 Å². The molecule has 0 aliphatic carbocycles. The van der Waals surface area contributed by atoms with Gasteiger partial charge in [-0.15, -0.1) is 24.0 Å². The van der Waals surface area contributed by atoms with Gasteiger partial charge in [0.1, 0.15) is 0 Å². The number of hydrogen-bond acceptors (Lipinski definition) is 3. The van der Waals surface area contributed by atoms with E-state index in [4.69, 9.17) is 14.5 Å². The zero-order valence-corrected chi connectivity index (χ0v) is 18.8. The average Bonchev–Trinajstić information content (AvgIpc) is 2.52. The Hall–Kier alpha value is -0.0800. The third-order valence-corrected chi connectivity index (χ3v) is 4.57. The Morgan fingerprint density at radius 2 is 1.96 bits per heavy atom. The maximum atomic E-state index is 5.61. The van der Waals surface area contributed by atoms with Gasteiger partial charge in [0.15, 0.2) is 5.96 Å². The normalized spacial score (nSPS) is 18.0. The highest BCUT2D eigenvalue weighted by Gasteiger charge is 2.24. The Bertz CT molecular complexity index is 353. The van der Waals surface area contributed by atoms with E-state index in [1.807, 2.05) is 0 Å². The van der Waals surface area contributed by atoms with E-state index in [1.165, 1.54) is 19.3 Å². The zero-order chi connectivity index (χ0) is 17.3. The van der Waals surface area contributed by atoms with Crippen LogP contribution in [-0.4, -0.2) is 64.0 Å². The van der Waals surface area contributed by atoms with Gasteiger partial charge in [-0.3, -0.25) is 4.99 Å². The first-order valence-electron chi connectivity index (χ1n) is 8.98. The lowest BCUT2D eigenvalue weighted by Gasteiger charge is -2.30. The number of rotatable bonds is 7. The van der Waals surface area contributed by atoms with Crippen molar-refractivity contribution in [3.05, 3.63) is 0 Å². The van der Waals surface area contributed by atoms with E-state index in [0.717, 1.165) is 38.2 Å².